The summed E-state index contributed by atoms with van der Waals surface area (Å²) in [6.45, 7) is 0.572. The third-order valence-corrected chi connectivity index (χ3v) is 4.02. The molecule has 0 amide bonds. The molecule has 0 saturated heterocycles. The average molecular weight is 274 g/mol. The molecule has 1 atom stereocenters. The van der Waals surface area contributed by atoms with Crippen LogP contribution in [-0.4, -0.2) is 17.7 Å². The van der Waals surface area contributed by atoms with E-state index in [1.165, 1.54) is 25.7 Å². The first-order valence-electron chi connectivity index (χ1n) is 6.03. The molecule has 0 aromatic heterocycles. The number of aliphatic hydroxyl groups excluding tert-OH is 1. The highest BCUT2D eigenvalue weighted by Gasteiger charge is 2.16. The number of halogens is 2. The molecule has 0 spiro atoms. The van der Waals surface area contributed by atoms with Crippen LogP contribution >= 0.6 is 23.2 Å². The number of benzene rings is 1. The fourth-order valence-corrected chi connectivity index (χ4v) is 2.55. The van der Waals surface area contributed by atoms with Gasteiger partial charge in [-0.3, -0.25) is 0 Å². The van der Waals surface area contributed by atoms with Gasteiger partial charge in [0.05, 0.1) is 16.1 Å². The minimum atomic E-state index is -0.523. The quantitative estimate of drug-likeness (QED) is 0.879. The Bertz CT molecular complexity index is 378. The topological polar surface area (TPSA) is 32.3 Å². The molecule has 1 aromatic carbocycles. The van der Waals surface area contributed by atoms with Gasteiger partial charge < -0.3 is 10.4 Å². The third kappa shape index (κ3) is 3.59. The van der Waals surface area contributed by atoms with E-state index in [0.717, 1.165) is 5.56 Å². The van der Waals surface area contributed by atoms with Crippen molar-refractivity contribution in [1.82, 2.24) is 5.32 Å². The molecule has 1 unspecified atom stereocenters. The molecule has 2 nitrogen and oxygen atoms in total. The maximum Gasteiger partial charge on any atom is 0.0915 e. The van der Waals surface area contributed by atoms with Crippen LogP contribution < -0.4 is 5.32 Å². The highest BCUT2D eigenvalue weighted by Crippen LogP contribution is 2.26. The second kappa shape index (κ2) is 6.05. The van der Waals surface area contributed by atoms with E-state index in [9.17, 15) is 5.11 Å². The lowest BCUT2D eigenvalue weighted by Gasteiger charge is -2.16. The van der Waals surface area contributed by atoms with Gasteiger partial charge in [-0.25, -0.2) is 0 Å². The fourth-order valence-electron chi connectivity index (χ4n) is 2.25. The number of rotatable bonds is 4. The number of hydrogen-bond donors (Lipinski definition) is 2. The molecule has 2 rings (SSSR count). The first-order chi connectivity index (χ1) is 8.16. The zero-order valence-electron chi connectivity index (χ0n) is 9.63. The van der Waals surface area contributed by atoms with E-state index >= 15 is 0 Å². The molecule has 0 radical (unpaired) electrons. The molecule has 4 heteroatoms. The van der Waals surface area contributed by atoms with Crippen molar-refractivity contribution in [3.8, 4) is 0 Å². The van der Waals surface area contributed by atoms with Crippen LogP contribution in [0.25, 0.3) is 0 Å². The minimum Gasteiger partial charge on any atom is -0.387 e. The zero-order chi connectivity index (χ0) is 12.3. The zero-order valence-corrected chi connectivity index (χ0v) is 11.1. The molecule has 0 bridgehead atoms. The van der Waals surface area contributed by atoms with Crippen molar-refractivity contribution in [2.24, 2.45) is 0 Å². The summed E-state index contributed by atoms with van der Waals surface area (Å²) in [6.07, 6.45) is 4.49. The Morgan fingerprint density at radius 1 is 1.24 bits per heavy atom. The molecule has 2 N–H and O–H groups in total. The van der Waals surface area contributed by atoms with E-state index in [4.69, 9.17) is 23.2 Å². The summed E-state index contributed by atoms with van der Waals surface area (Å²) in [5, 5.41) is 14.4. The SMILES string of the molecule is OC(CNC1CCCC1)c1ccc(Cl)c(Cl)c1. The van der Waals surface area contributed by atoms with Crippen LogP contribution in [0.2, 0.25) is 10.0 Å². The van der Waals surface area contributed by atoms with Gasteiger partial charge in [-0.1, -0.05) is 42.1 Å². The van der Waals surface area contributed by atoms with Gasteiger partial charge in [-0.15, -0.1) is 0 Å². The second-order valence-corrected chi connectivity index (χ2v) is 5.39. The molecule has 94 valence electrons. The predicted octanol–water partition coefficient (Wildman–Crippen LogP) is 3.56. The molecular weight excluding hydrogens is 257 g/mol. The number of hydrogen-bond acceptors (Lipinski definition) is 2. The van der Waals surface area contributed by atoms with Gasteiger partial charge in [0.2, 0.25) is 0 Å². The second-order valence-electron chi connectivity index (χ2n) is 4.58. The summed E-state index contributed by atoms with van der Waals surface area (Å²) < 4.78 is 0. The molecule has 0 aliphatic heterocycles. The summed E-state index contributed by atoms with van der Waals surface area (Å²) in [7, 11) is 0. The summed E-state index contributed by atoms with van der Waals surface area (Å²) >= 11 is 11.8. The standard InChI is InChI=1S/C13H17Cl2NO/c14-11-6-5-9(7-12(11)15)13(17)8-16-10-3-1-2-4-10/h5-7,10,13,16-17H,1-4,8H2. The van der Waals surface area contributed by atoms with E-state index in [2.05, 4.69) is 5.32 Å². The van der Waals surface area contributed by atoms with Gasteiger partial charge in [0, 0.05) is 12.6 Å². The van der Waals surface area contributed by atoms with Crippen LogP contribution in [-0.2, 0) is 0 Å². The first-order valence-corrected chi connectivity index (χ1v) is 6.79. The van der Waals surface area contributed by atoms with E-state index in [0.29, 0.717) is 22.6 Å². The lowest BCUT2D eigenvalue weighted by molar-refractivity contribution is 0.170. The van der Waals surface area contributed by atoms with Crippen LogP contribution in [0.1, 0.15) is 37.4 Å². The molecule has 1 aliphatic rings. The lowest BCUT2D eigenvalue weighted by Crippen LogP contribution is -2.30. The van der Waals surface area contributed by atoms with Crippen molar-refractivity contribution < 1.29 is 5.11 Å². The lowest BCUT2D eigenvalue weighted by atomic mass is 10.1. The Kier molecular flexibility index (Phi) is 4.69. The van der Waals surface area contributed by atoms with Gasteiger partial charge in [0.1, 0.15) is 0 Å². The molecule has 1 aliphatic carbocycles. The third-order valence-electron chi connectivity index (χ3n) is 3.28. The highest BCUT2D eigenvalue weighted by atomic mass is 35.5. The maximum atomic E-state index is 10.0. The van der Waals surface area contributed by atoms with E-state index in [1.807, 2.05) is 6.07 Å². The molecular formula is C13H17Cl2NO. The van der Waals surface area contributed by atoms with E-state index < -0.39 is 6.10 Å². The van der Waals surface area contributed by atoms with Crippen molar-refractivity contribution in [2.75, 3.05) is 6.54 Å². The Balaban J connectivity index is 1.89. The van der Waals surface area contributed by atoms with Crippen molar-refractivity contribution in [3.63, 3.8) is 0 Å². The Morgan fingerprint density at radius 3 is 2.59 bits per heavy atom. The van der Waals surface area contributed by atoms with E-state index in [1.54, 1.807) is 12.1 Å². The largest absolute Gasteiger partial charge is 0.387 e. The van der Waals surface area contributed by atoms with Crippen LogP contribution in [0, 0.1) is 0 Å². The summed E-state index contributed by atoms with van der Waals surface area (Å²) in [4.78, 5) is 0. The molecule has 1 saturated carbocycles. The van der Waals surface area contributed by atoms with Crippen molar-refractivity contribution >= 4 is 23.2 Å². The van der Waals surface area contributed by atoms with Gasteiger partial charge in [-0.2, -0.15) is 0 Å². The molecule has 0 heterocycles. The van der Waals surface area contributed by atoms with Crippen LogP contribution in [0.15, 0.2) is 18.2 Å². The molecule has 17 heavy (non-hydrogen) atoms. The van der Waals surface area contributed by atoms with Crippen LogP contribution in [0.3, 0.4) is 0 Å². The van der Waals surface area contributed by atoms with Gasteiger partial charge in [-0.05, 0) is 30.5 Å². The molecule has 1 fully saturated rings. The maximum absolute atomic E-state index is 10.0. The fraction of sp³-hybridized carbons (Fsp3) is 0.538. The van der Waals surface area contributed by atoms with Crippen molar-refractivity contribution in [3.05, 3.63) is 33.8 Å². The first kappa shape index (κ1) is 13.2. The van der Waals surface area contributed by atoms with Crippen LogP contribution in [0.4, 0.5) is 0 Å². The highest BCUT2D eigenvalue weighted by molar-refractivity contribution is 6.42. The Labute approximate surface area is 112 Å². The van der Waals surface area contributed by atoms with Crippen molar-refractivity contribution in [2.45, 2.75) is 37.8 Å². The monoisotopic (exact) mass is 273 g/mol. The van der Waals surface area contributed by atoms with Crippen LogP contribution in [0.5, 0.6) is 0 Å². The molecule has 1 aromatic rings. The normalized spacial score (nSPS) is 18.5. The minimum absolute atomic E-state index is 0.490. The van der Waals surface area contributed by atoms with Gasteiger partial charge in [0.15, 0.2) is 0 Å². The number of nitrogens with one attached hydrogen (secondary N) is 1. The van der Waals surface area contributed by atoms with E-state index in [-0.39, 0.29) is 0 Å². The summed E-state index contributed by atoms with van der Waals surface area (Å²) in [5.74, 6) is 0. The summed E-state index contributed by atoms with van der Waals surface area (Å²) in [5.41, 5.74) is 0.810. The summed E-state index contributed by atoms with van der Waals surface area (Å²) in [6, 6.07) is 5.82. The Hall–Kier alpha value is -0.280. The average Bonchev–Trinajstić information content (AvgIpc) is 2.82. The van der Waals surface area contributed by atoms with Gasteiger partial charge >= 0.3 is 0 Å². The predicted molar refractivity (Wildman–Crippen MR) is 71.7 cm³/mol. The van der Waals surface area contributed by atoms with Gasteiger partial charge in [0.25, 0.3) is 0 Å². The Morgan fingerprint density at radius 2 is 1.94 bits per heavy atom. The number of aliphatic hydroxyl groups is 1. The van der Waals surface area contributed by atoms with Crippen molar-refractivity contribution in [1.29, 1.82) is 0 Å². The smallest absolute Gasteiger partial charge is 0.0915 e.